The van der Waals surface area contributed by atoms with Crippen molar-refractivity contribution in [3.8, 4) is 6.07 Å². The van der Waals surface area contributed by atoms with Gasteiger partial charge in [0.1, 0.15) is 6.10 Å². The van der Waals surface area contributed by atoms with E-state index >= 15 is 0 Å². The maximum atomic E-state index is 10.2. The fourth-order valence-corrected chi connectivity index (χ4v) is 3.03. The molecule has 2 aromatic rings. The molecule has 0 radical (unpaired) electrons. The summed E-state index contributed by atoms with van der Waals surface area (Å²) in [5.41, 5.74) is 1.30. The fraction of sp³-hybridized carbons (Fsp3) is 0.0833. The van der Waals surface area contributed by atoms with Crippen molar-refractivity contribution in [1.82, 2.24) is 0 Å². The minimum Gasteiger partial charge on any atom is -0.383 e. The molecule has 0 aliphatic carbocycles. The summed E-state index contributed by atoms with van der Waals surface area (Å²) in [6.07, 6.45) is -0.678. The standard InChI is InChI=1S/C12H8BrNOS/c13-10-4-5-16-12(10)11(15)9-3-1-2-8(6-9)7-14/h1-6,11,15H. The van der Waals surface area contributed by atoms with E-state index in [9.17, 15) is 5.11 Å². The molecule has 1 atom stereocenters. The van der Waals surface area contributed by atoms with Gasteiger partial charge in [-0.25, -0.2) is 0 Å². The van der Waals surface area contributed by atoms with Crippen LogP contribution in [0, 0.1) is 11.3 Å². The maximum absolute atomic E-state index is 10.2. The van der Waals surface area contributed by atoms with Gasteiger partial charge in [-0.2, -0.15) is 5.26 Å². The van der Waals surface area contributed by atoms with Gasteiger partial charge in [0.2, 0.25) is 0 Å². The van der Waals surface area contributed by atoms with Crippen molar-refractivity contribution in [2.45, 2.75) is 6.10 Å². The summed E-state index contributed by atoms with van der Waals surface area (Å²) in [6, 6.07) is 11.0. The quantitative estimate of drug-likeness (QED) is 0.921. The zero-order chi connectivity index (χ0) is 11.5. The van der Waals surface area contributed by atoms with Gasteiger partial charge >= 0.3 is 0 Å². The molecule has 0 saturated carbocycles. The van der Waals surface area contributed by atoms with Crippen LogP contribution in [-0.4, -0.2) is 5.11 Å². The van der Waals surface area contributed by atoms with Gasteiger partial charge in [0, 0.05) is 4.47 Å². The fourth-order valence-electron chi connectivity index (χ4n) is 1.43. The van der Waals surface area contributed by atoms with E-state index in [2.05, 4.69) is 22.0 Å². The van der Waals surface area contributed by atoms with E-state index in [0.29, 0.717) is 5.56 Å². The lowest BCUT2D eigenvalue weighted by atomic mass is 10.1. The molecule has 0 saturated heterocycles. The van der Waals surface area contributed by atoms with Crippen LogP contribution in [0.5, 0.6) is 0 Å². The number of thiophene rings is 1. The third kappa shape index (κ3) is 2.17. The Hall–Kier alpha value is -1.15. The Balaban J connectivity index is 2.38. The van der Waals surface area contributed by atoms with Gasteiger partial charge in [0.25, 0.3) is 0 Å². The number of aliphatic hydroxyl groups is 1. The van der Waals surface area contributed by atoms with Crippen LogP contribution in [0.2, 0.25) is 0 Å². The zero-order valence-corrected chi connectivity index (χ0v) is 10.6. The Kier molecular flexibility index (Phi) is 3.39. The molecule has 2 nitrogen and oxygen atoms in total. The van der Waals surface area contributed by atoms with Crippen molar-refractivity contribution < 1.29 is 5.11 Å². The largest absolute Gasteiger partial charge is 0.383 e. The van der Waals surface area contributed by atoms with Crippen LogP contribution in [0.3, 0.4) is 0 Å². The van der Waals surface area contributed by atoms with Crippen LogP contribution in [0.15, 0.2) is 40.2 Å². The molecule has 0 aliphatic heterocycles. The molecule has 1 unspecified atom stereocenters. The first kappa shape index (κ1) is 11.3. The lowest BCUT2D eigenvalue weighted by Gasteiger charge is -2.09. The number of aliphatic hydroxyl groups excluding tert-OH is 1. The Bertz CT molecular complexity index is 544. The monoisotopic (exact) mass is 293 g/mol. The van der Waals surface area contributed by atoms with E-state index < -0.39 is 6.10 Å². The number of nitriles is 1. The van der Waals surface area contributed by atoms with Gasteiger partial charge in [-0.3, -0.25) is 0 Å². The third-order valence-corrected chi connectivity index (χ3v) is 4.15. The average molecular weight is 294 g/mol. The third-order valence-electron chi connectivity index (χ3n) is 2.22. The second-order valence-corrected chi connectivity index (χ2v) is 5.07. The summed E-state index contributed by atoms with van der Waals surface area (Å²) >= 11 is 4.87. The van der Waals surface area contributed by atoms with Crippen molar-refractivity contribution in [3.63, 3.8) is 0 Å². The summed E-state index contributed by atoms with van der Waals surface area (Å²) in [4.78, 5) is 0.857. The first-order chi connectivity index (χ1) is 7.72. The highest BCUT2D eigenvalue weighted by Crippen LogP contribution is 2.33. The topological polar surface area (TPSA) is 44.0 Å². The number of hydrogen-bond acceptors (Lipinski definition) is 3. The molecule has 2 rings (SSSR count). The molecular formula is C12H8BrNOS. The molecule has 1 aromatic carbocycles. The van der Waals surface area contributed by atoms with Crippen molar-refractivity contribution in [2.24, 2.45) is 0 Å². The van der Waals surface area contributed by atoms with Crippen molar-refractivity contribution >= 4 is 27.3 Å². The zero-order valence-electron chi connectivity index (χ0n) is 8.22. The predicted molar refractivity (Wildman–Crippen MR) is 67.2 cm³/mol. The second-order valence-electron chi connectivity index (χ2n) is 3.27. The van der Waals surface area contributed by atoms with Crippen molar-refractivity contribution in [2.75, 3.05) is 0 Å². The number of halogens is 1. The van der Waals surface area contributed by atoms with E-state index in [1.54, 1.807) is 18.2 Å². The molecule has 0 bridgehead atoms. The minimum atomic E-state index is -0.678. The summed E-state index contributed by atoms with van der Waals surface area (Å²) in [7, 11) is 0. The average Bonchev–Trinajstić information content (AvgIpc) is 2.74. The van der Waals surface area contributed by atoms with Crippen LogP contribution in [0.1, 0.15) is 22.1 Å². The summed E-state index contributed by atoms with van der Waals surface area (Å²) in [6.45, 7) is 0. The molecule has 16 heavy (non-hydrogen) atoms. The Morgan fingerprint density at radius 1 is 1.38 bits per heavy atom. The highest BCUT2D eigenvalue weighted by molar-refractivity contribution is 9.10. The normalized spacial score (nSPS) is 12.1. The van der Waals surface area contributed by atoms with Gasteiger partial charge in [-0.15, -0.1) is 11.3 Å². The summed E-state index contributed by atoms with van der Waals surface area (Å²) in [5.74, 6) is 0. The Morgan fingerprint density at radius 2 is 2.19 bits per heavy atom. The van der Waals surface area contributed by atoms with Crippen LogP contribution in [-0.2, 0) is 0 Å². The molecule has 4 heteroatoms. The molecule has 0 spiro atoms. The van der Waals surface area contributed by atoms with E-state index in [1.807, 2.05) is 17.5 Å². The van der Waals surface area contributed by atoms with Crippen LogP contribution in [0.25, 0.3) is 0 Å². The second kappa shape index (κ2) is 4.79. The van der Waals surface area contributed by atoms with E-state index in [4.69, 9.17) is 5.26 Å². The van der Waals surface area contributed by atoms with Gasteiger partial charge < -0.3 is 5.11 Å². The van der Waals surface area contributed by atoms with Gasteiger partial charge in [-0.05, 0) is 45.1 Å². The minimum absolute atomic E-state index is 0.559. The summed E-state index contributed by atoms with van der Waals surface area (Å²) < 4.78 is 0.896. The lowest BCUT2D eigenvalue weighted by molar-refractivity contribution is 0.223. The number of benzene rings is 1. The highest BCUT2D eigenvalue weighted by atomic mass is 79.9. The van der Waals surface area contributed by atoms with Crippen molar-refractivity contribution in [1.29, 1.82) is 5.26 Å². The van der Waals surface area contributed by atoms with E-state index in [0.717, 1.165) is 14.9 Å². The first-order valence-corrected chi connectivity index (χ1v) is 6.30. The number of nitrogens with zero attached hydrogens (tertiary/aromatic N) is 1. The van der Waals surface area contributed by atoms with Crippen LogP contribution >= 0.6 is 27.3 Å². The van der Waals surface area contributed by atoms with E-state index in [1.165, 1.54) is 11.3 Å². The van der Waals surface area contributed by atoms with Gasteiger partial charge in [0.05, 0.1) is 16.5 Å². The molecule has 1 N–H and O–H groups in total. The molecule has 0 amide bonds. The summed E-state index contributed by atoms with van der Waals surface area (Å²) in [5, 5.41) is 20.9. The predicted octanol–water partition coefficient (Wildman–Crippen LogP) is 3.46. The smallest absolute Gasteiger partial charge is 0.114 e. The first-order valence-electron chi connectivity index (χ1n) is 4.63. The van der Waals surface area contributed by atoms with Gasteiger partial charge in [-0.1, -0.05) is 12.1 Å². The lowest BCUT2D eigenvalue weighted by Crippen LogP contribution is -1.98. The maximum Gasteiger partial charge on any atom is 0.114 e. The molecule has 80 valence electrons. The Morgan fingerprint density at radius 3 is 2.81 bits per heavy atom. The number of hydrogen-bond donors (Lipinski definition) is 1. The van der Waals surface area contributed by atoms with Crippen LogP contribution in [0.4, 0.5) is 0 Å². The van der Waals surface area contributed by atoms with Gasteiger partial charge in [0.15, 0.2) is 0 Å². The van der Waals surface area contributed by atoms with Crippen LogP contribution < -0.4 is 0 Å². The number of rotatable bonds is 2. The molecule has 1 aromatic heterocycles. The Labute approximate surface area is 106 Å². The SMILES string of the molecule is N#Cc1cccc(C(O)c2sccc2Br)c1. The molecule has 0 fully saturated rings. The molecular weight excluding hydrogens is 286 g/mol. The molecule has 1 heterocycles. The van der Waals surface area contributed by atoms with Crippen molar-refractivity contribution in [3.05, 3.63) is 56.2 Å². The van der Waals surface area contributed by atoms with E-state index in [-0.39, 0.29) is 0 Å². The highest BCUT2D eigenvalue weighted by Gasteiger charge is 2.15. The molecule has 0 aliphatic rings.